The Kier molecular flexibility index (Phi) is 6.59. The number of nitrogens with zero attached hydrogens (tertiary/aromatic N) is 1. The maximum Gasteiger partial charge on any atom is 0.212 e. The Balaban J connectivity index is 1.54. The van der Waals surface area contributed by atoms with Gasteiger partial charge in [-0.05, 0) is 31.4 Å². The minimum atomic E-state index is 0.0467. The first-order valence-corrected chi connectivity index (χ1v) is 9.75. The Labute approximate surface area is 155 Å². The SMILES string of the molecule is C=CCCCCCCCCC[n+]1ccc2c(=O)c3ccccc3oc2c1. The number of pyridine rings is 1. The van der Waals surface area contributed by atoms with Crippen LogP contribution in [0.3, 0.4) is 0 Å². The van der Waals surface area contributed by atoms with Crippen LogP contribution in [0.5, 0.6) is 0 Å². The van der Waals surface area contributed by atoms with Crippen molar-refractivity contribution in [1.29, 1.82) is 0 Å². The second kappa shape index (κ2) is 9.33. The summed E-state index contributed by atoms with van der Waals surface area (Å²) in [5, 5.41) is 1.30. The Bertz CT molecular complexity index is 926. The van der Waals surface area contributed by atoms with Crippen molar-refractivity contribution >= 4 is 21.9 Å². The highest BCUT2D eigenvalue weighted by atomic mass is 16.3. The molecule has 136 valence electrons. The van der Waals surface area contributed by atoms with E-state index in [4.69, 9.17) is 4.42 Å². The Hall–Kier alpha value is -2.42. The summed E-state index contributed by atoms with van der Waals surface area (Å²) in [4.78, 5) is 12.6. The highest BCUT2D eigenvalue weighted by Gasteiger charge is 2.11. The van der Waals surface area contributed by atoms with Crippen molar-refractivity contribution in [2.45, 2.75) is 57.9 Å². The van der Waals surface area contributed by atoms with Gasteiger partial charge >= 0.3 is 0 Å². The zero-order valence-electron chi connectivity index (χ0n) is 15.5. The van der Waals surface area contributed by atoms with Gasteiger partial charge < -0.3 is 4.42 Å². The molecule has 3 heteroatoms. The molecular weight excluding hydrogens is 322 g/mol. The van der Waals surface area contributed by atoms with E-state index in [-0.39, 0.29) is 5.43 Å². The molecule has 0 aliphatic carbocycles. The van der Waals surface area contributed by atoms with E-state index in [0.717, 1.165) is 19.4 Å². The van der Waals surface area contributed by atoms with Gasteiger partial charge in [0.05, 0.1) is 10.8 Å². The summed E-state index contributed by atoms with van der Waals surface area (Å²) < 4.78 is 8.06. The molecule has 2 aromatic heterocycles. The van der Waals surface area contributed by atoms with Crippen LogP contribution in [0.1, 0.15) is 51.4 Å². The lowest BCUT2D eigenvalue weighted by atomic mass is 10.1. The number of allylic oxidation sites excluding steroid dienone is 1. The van der Waals surface area contributed by atoms with Crippen LogP contribution in [0.2, 0.25) is 0 Å². The molecule has 0 bridgehead atoms. The summed E-state index contributed by atoms with van der Waals surface area (Å²) in [5.41, 5.74) is 1.36. The van der Waals surface area contributed by atoms with Gasteiger partial charge in [-0.1, -0.05) is 43.9 Å². The fourth-order valence-corrected chi connectivity index (χ4v) is 3.40. The minimum absolute atomic E-state index is 0.0467. The monoisotopic (exact) mass is 350 g/mol. The summed E-state index contributed by atoms with van der Waals surface area (Å²) in [6.07, 6.45) is 16.0. The van der Waals surface area contributed by atoms with Crippen LogP contribution >= 0.6 is 0 Å². The van der Waals surface area contributed by atoms with Crippen LogP contribution < -0.4 is 10.00 Å². The van der Waals surface area contributed by atoms with Crippen LogP contribution in [0, 0.1) is 0 Å². The molecule has 3 aromatic rings. The lowest BCUT2D eigenvalue weighted by Gasteiger charge is -2.02. The Morgan fingerprint density at radius 1 is 0.885 bits per heavy atom. The van der Waals surface area contributed by atoms with Crippen molar-refractivity contribution < 1.29 is 8.98 Å². The molecule has 3 rings (SSSR count). The van der Waals surface area contributed by atoms with Crippen molar-refractivity contribution in [3.8, 4) is 0 Å². The first-order chi connectivity index (χ1) is 12.8. The number of benzene rings is 1. The predicted octanol–water partition coefficient (Wildman–Crippen LogP) is 5.54. The van der Waals surface area contributed by atoms with Gasteiger partial charge in [-0.25, -0.2) is 4.57 Å². The molecule has 0 saturated heterocycles. The second-order valence-corrected chi connectivity index (χ2v) is 6.94. The van der Waals surface area contributed by atoms with E-state index >= 15 is 0 Å². The number of aromatic nitrogens is 1. The van der Waals surface area contributed by atoms with E-state index in [1.165, 1.54) is 38.5 Å². The van der Waals surface area contributed by atoms with Gasteiger partial charge in [-0.15, -0.1) is 6.58 Å². The molecule has 0 aliphatic rings. The number of para-hydroxylation sites is 1. The van der Waals surface area contributed by atoms with Gasteiger partial charge in [0.1, 0.15) is 12.1 Å². The van der Waals surface area contributed by atoms with Crippen LogP contribution in [0.25, 0.3) is 21.9 Å². The molecule has 0 unspecified atom stereocenters. The van der Waals surface area contributed by atoms with Crippen molar-refractivity contribution in [1.82, 2.24) is 0 Å². The topological polar surface area (TPSA) is 34.1 Å². The van der Waals surface area contributed by atoms with Crippen molar-refractivity contribution in [2.24, 2.45) is 0 Å². The van der Waals surface area contributed by atoms with Gasteiger partial charge in [0.2, 0.25) is 17.2 Å². The lowest BCUT2D eigenvalue weighted by molar-refractivity contribution is -0.696. The number of fused-ring (bicyclic) bond motifs is 2. The first kappa shape index (κ1) is 18.4. The molecule has 1 aromatic carbocycles. The van der Waals surface area contributed by atoms with E-state index in [1.807, 2.05) is 48.8 Å². The first-order valence-electron chi connectivity index (χ1n) is 9.75. The molecule has 0 spiro atoms. The fraction of sp³-hybridized carbons (Fsp3) is 0.391. The molecule has 0 atom stereocenters. The number of aryl methyl sites for hydroxylation is 1. The second-order valence-electron chi connectivity index (χ2n) is 6.94. The van der Waals surface area contributed by atoms with Gasteiger partial charge in [0.25, 0.3) is 0 Å². The third kappa shape index (κ3) is 4.60. The normalized spacial score (nSPS) is 11.2. The van der Waals surface area contributed by atoms with Gasteiger partial charge in [-0.3, -0.25) is 4.79 Å². The molecule has 0 N–H and O–H groups in total. The molecule has 2 heterocycles. The van der Waals surface area contributed by atoms with Crippen LogP contribution in [-0.4, -0.2) is 0 Å². The summed E-state index contributed by atoms with van der Waals surface area (Å²) in [6, 6.07) is 9.31. The summed E-state index contributed by atoms with van der Waals surface area (Å²) in [7, 11) is 0. The molecule has 0 radical (unpaired) electrons. The highest BCUT2D eigenvalue weighted by Crippen LogP contribution is 2.16. The van der Waals surface area contributed by atoms with E-state index in [2.05, 4.69) is 11.1 Å². The zero-order valence-corrected chi connectivity index (χ0v) is 15.5. The maximum absolute atomic E-state index is 12.6. The zero-order chi connectivity index (χ0) is 18.2. The van der Waals surface area contributed by atoms with Crippen molar-refractivity contribution in [3.63, 3.8) is 0 Å². The van der Waals surface area contributed by atoms with Gasteiger partial charge in [0, 0.05) is 12.5 Å². The number of hydrogen-bond donors (Lipinski definition) is 0. The highest BCUT2D eigenvalue weighted by molar-refractivity contribution is 5.88. The van der Waals surface area contributed by atoms with Crippen LogP contribution in [0.4, 0.5) is 0 Å². The largest absolute Gasteiger partial charge is 0.450 e. The van der Waals surface area contributed by atoms with E-state index < -0.39 is 0 Å². The quantitative estimate of drug-likeness (QED) is 0.208. The van der Waals surface area contributed by atoms with Gasteiger partial charge in [-0.2, -0.15) is 0 Å². The lowest BCUT2D eigenvalue weighted by Crippen LogP contribution is -2.32. The van der Waals surface area contributed by atoms with Crippen LogP contribution in [0.15, 0.2) is 64.6 Å². The summed E-state index contributed by atoms with van der Waals surface area (Å²) in [6.45, 7) is 4.72. The van der Waals surface area contributed by atoms with E-state index in [0.29, 0.717) is 21.9 Å². The average Bonchev–Trinajstić information content (AvgIpc) is 2.67. The smallest absolute Gasteiger partial charge is 0.212 e. The fourth-order valence-electron chi connectivity index (χ4n) is 3.40. The van der Waals surface area contributed by atoms with E-state index in [9.17, 15) is 4.79 Å². The summed E-state index contributed by atoms with van der Waals surface area (Å²) in [5.74, 6) is 0. The number of rotatable bonds is 10. The number of hydrogen-bond acceptors (Lipinski definition) is 2. The average molecular weight is 350 g/mol. The predicted molar refractivity (Wildman–Crippen MR) is 107 cm³/mol. The van der Waals surface area contributed by atoms with Crippen LogP contribution in [-0.2, 0) is 6.54 Å². The molecule has 3 nitrogen and oxygen atoms in total. The third-order valence-electron chi connectivity index (χ3n) is 4.90. The minimum Gasteiger partial charge on any atom is -0.450 e. The maximum atomic E-state index is 12.6. The molecule has 26 heavy (non-hydrogen) atoms. The summed E-state index contributed by atoms with van der Waals surface area (Å²) >= 11 is 0. The van der Waals surface area contributed by atoms with Gasteiger partial charge in [0.15, 0.2) is 6.20 Å². The Morgan fingerprint density at radius 3 is 2.38 bits per heavy atom. The molecular formula is C23H28NO2+. The molecule has 0 saturated carbocycles. The molecule has 0 aliphatic heterocycles. The third-order valence-corrected chi connectivity index (χ3v) is 4.90. The van der Waals surface area contributed by atoms with E-state index in [1.54, 1.807) is 0 Å². The number of unbranched alkanes of at least 4 members (excludes halogenated alkanes) is 7. The van der Waals surface area contributed by atoms with Crippen molar-refractivity contribution in [3.05, 3.63) is 65.6 Å². The Morgan fingerprint density at radius 2 is 1.58 bits per heavy atom. The standard InChI is InChI=1S/C23H28NO2/c1-2-3-4-5-6-7-8-9-12-16-24-17-15-20-22(18-24)26-21-14-11-10-13-19(21)23(20)25/h2,10-11,13-15,17-18H,1,3-9,12,16H2/q+1. The van der Waals surface area contributed by atoms with Crippen molar-refractivity contribution in [2.75, 3.05) is 0 Å². The molecule has 0 fully saturated rings. The molecule has 0 amide bonds.